The topological polar surface area (TPSA) is 12.9 Å². The number of hydrogen-bond acceptors (Lipinski definition) is 1. The van der Waals surface area contributed by atoms with E-state index in [1.54, 1.807) is 12.3 Å². The van der Waals surface area contributed by atoms with Gasteiger partial charge in [-0.2, -0.15) is 13.2 Å². The minimum Gasteiger partial charge on any atom is -0.256 e. The normalized spacial score (nSPS) is 13.2. The Morgan fingerprint density at radius 1 is 0.656 bits per heavy atom. The van der Waals surface area contributed by atoms with Gasteiger partial charge in [0.15, 0.2) is 0 Å². The largest absolute Gasteiger partial charge is 0.416 e. The molecule has 0 unspecified atom stereocenters. The van der Waals surface area contributed by atoms with Gasteiger partial charge in [0.05, 0.1) is 11.3 Å². The smallest absolute Gasteiger partial charge is 0.256 e. The summed E-state index contributed by atoms with van der Waals surface area (Å²) in [7, 11) is 0. The lowest BCUT2D eigenvalue weighted by Gasteiger charge is -2.20. The predicted molar refractivity (Wildman–Crippen MR) is 123 cm³/mol. The molecule has 0 amide bonds. The molecule has 1 aliphatic carbocycles. The summed E-state index contributed by atoms with van der Waals surface area (Å²) in [5, 5.41) is 3.01. The fourth-order valence-corrected chi connectivity index (χ4v) is 4.87. The highest BCUT2D eigenvalue weighted by Crippen LogP contribution is 2.39. The lowest BCUT2D eigenvalue weighted by Crippen LogP contribution is -2.04. The zero-order valence-electron chi connectivity index (χ0n) is 17.1. The lowest BCUT2D eigenvalue weighted by molar-refractivity contribution is -0.137. The van der Waals surface area contributed by atoms with Crippen molar-refractivity contribution in [3.8, 4) is 22.4 Å². The number of pyridine rings is 1. The van der Waals surface area contributed by atoms with Crippen molar-refractivity contribution in [1.82, 2.24) is 4.98 Å². The van der Waals surface area contributed by atoms with Crippen LogP contribution in [0.3, 0.4) is 0 Å². The van der Waals surface area contributed by atoms with Gasteiger partial charge in [0.1, 0.15) is 0 Å². The molecule has 0 saturated carbocycles. The molecule has 0 saturated heterocycles. The minimum atomic E-state index is -4.37. The summed E-state index contributed by atoms with van der Waals surface area (Å²) in [5.74, 6) is 0. The SMILES string of the molecule is FC(F)(F)c1ccc2ccc3c(-c4ccc5c(c4)CCc4ccccc4-5)nccc3c2c1. The number of nitrogens with zero attached hydrogens (tertiary/aromatic N) is 1. The number of benzene rings is 4. The van der Waals surface area contributed by atoms with E-state index in [4.69, 9.17) is 0 Å². The molecule has 0 radical (unpaired) electrons. The first-order valence-corrected chi connectivity index (χ1v) is 10.6. The van der Waals surface area contributed by atoms with Crippen molar-refractivity contribution in [1.29, 1.82) is 0 Å². The Labute approximate surface area is 183 Å². The van der Waals surface area contributed by atoms with Crippen molar-refractivity contribution in [3.05, 3.63) is 102 Å². The molecule has 32 heavy (non-hydrogen) atoms. The number of rotatable bonds is 1. The molecule has 1 nitrogen and oxygen atoms in total. The van der Waals surface area contributed by atoms with Crippen molar-refractivity contribution in [3.63, 3.8) is 0 Å². The molecule has 0 N–H and O–H groups in total. The van der Waals surface area contributed by atoms with E-state index in [-0.39, 0.29) is 0 Å². The van der Waals surface area contributed by atoms with Gasteiger partial charge >= 0.3 is 6.18 Å². The van der Waals surface area contributed by atoms with Gasteiger partial charge in [-0.05, 0) is 75.5 Å². The highest BCUT2D eigenvalue weighted by molar-refractivity contribution is 6.11. The molecule has 1 aliphatic rings. The second kappa shape index (κ2) is 6.92. The molecule has 156 valence electrons. The monoisotopic (exact) mass is 425 g/mol. The van der Waals surface area contributed by atoms with Crippen LogP contribution in [0.25, 0.3) is 43.9 Å². The van der Waals surface area contributed by atoms with Gasteiger partial charge in [0, 0.05) is 17.1 Å². The first kappa shape index (κ1) is 19.1. The summed E-state index contributed by atoms with van der Waals surface area (Å²) in [5.41, 5.74) is 6.31. The highest BCUT2D eigenvalue weighted by Gasteiger charge is 2.30. The Morgan fingerprint density at radius 3 is 2.31 bits per heavy atom. The number of alkyl halides is 3. The lowest BCUT2D eigenvalue weighted by atomic mass is 9.84. The molecule has 0 spiro atoms. The minimum absolute atomic E-state index is 0.591. The van der Waals surface area contributed by atoms with Crippen LogP contribution in [0.1, 0.15) is 16.7 Å². The third-order valence-electron chi connectivity index (χ3n) is 6.44. The van der Waals surface area contributed by atoms with E-state index >= 15 is 0 Å². The molecular weight excluding hydrogens is 407 g/mol. The van der Waals surface area contributed by atoms with Crippen LogP contribution in [-0.4, -0.2) is 4.98 Å². The maximum Gasteiger partial charge on any atom is 0.416 e. The zero-order chi connectivity index (χ0) is 21.9. The van der Waals surface area contributed by atoms with Crippen molar-refractivity contribution in [2.24, 2.45) is 0 Å². The fourth-order valence-electron chi connectivity index (χ4n) is 4.87. The van der Waals surface area contributed by atoms with Crippen molar-refractivity contribution < 1.29 is 13.2 Å². The van der Waals surface area contributed by atoms with E-state index in [1.807, 2.05) is 12.1 Å². The van der Waals surface area contributed by atoms with E-state index in [1.165, 1.54) is 34.4 Å². The Hall–Kier alpha value is -3.66. The standard InChI is InChI=1S/C28H18F3N/c29-28(30,31)21-10-7-18-8-12-25-24(26(18)16-21)13-14-32-27(25)20-9-11-23-19(15-20)6-5-17-3-1-2-4-22(17)23/h1-4,7-16H,5-6H2. The van der Waals surface area contributed by atoms with E-state index in [9.17, 15) is 13.2 Å². The molecular formula is C28H18F3N. The van der Waals surface area contributed by atoms with Crippen molar-refractivity contribution >= 4 is 21.5 Å². The van der Waals surface area contributed by atoms with Gasteiger partial charge in [-0.25, -0.2) is 0 Å². The summed E-state index contributed by atoms with van der Waals surface area (Å²) in [6, 6.07) is 24.4. The Morgan fingerprint density at radius 2 is 1.44 bits per heavy atom. The van der Waals surface area contributed by atoms with Crippen LogP contribution in [0.2, 0.25) is 0 Å². The first-order valence-electron chi connectivity index (χ1n) is 10.6. The third kappa shape index (κ3) is 2.98. The van der Waals surface area contributed by atoms with Crippen LogP contribution < -0.4 is 0 Å². The van der Waals surface area contributed by atoms with Gasteiger partial charge in [-0.3, -0.25) is 4.98 Å². The highest BCUT2D eigenvalue weighted by atomic mass is 19.4. The number of halogens is 3. The summed E-state index contributed by atoms with van der Waals surface area (Å²) in [6.07, 6.45) is -0.726. The van der Waals surface area contributed by atoms with E-state index in [2.05, 4.69) is 47.4 Å². The van der Waals surface area contributed by atoms with Crippen LogP contribution >= 0.6 is 0 Å². The number of hydrogen-bond donors (Lipinski definition) is 0. The van der Waals surface area contributed by atoms with Gasteiger partial charge < -0.3 is 0 Å². The average Bonchev–Trinajstić information content (AvgIpc) is 2.82. The van der Waals surface area contributed by atoms with E-state index in [0.29, 0.717) is 5.39 Å². The van der Waals surface area contributed by atoms with Crippen LogP contribution in [0.4, 0.5) is 13.2 Å². The predicted octanol–water partition coefficient (Wildman–Crippen LogP) is 7.84. The van der Waals surface area contributed by atoms with Crippen molar-refractivity contribution in [2.75, 3.05) is 0 Å². The molecule has 4 aromatic carbocycles. The van der Waals surface area contributed by atoms with Gasteiger partial charge in [0.25, 0.3) is 0 Å². The molecule has 6 rings (SSSR count). The molecule has 1 aromatic heterocycles. The van der Waals surface area contributed by atoms with Crippen LogP contribution in [0, 0.1) is 0 Å². The molecule has 5 aromatic rings. The zero-order valence-corrected chi connectivity index (χ0v) is 17.1. The van der Waals surface area contributed by atoms with Crippen LogP contribution in [0.5, 0.6) is 0 Å². The van der Waals surface area contributed by atoms with Crippen LogP contribution in [-0.2, 0) is 19.0 Å². The maximum absolute atomic E-state index is 13.3. The maximum atomic E-state index is 13.3. The summed E-state index contributed by atoms with van der Waals surface area (Å²) in [4.78, 5) is 4.63. The van der Waals surface area contributed by atoms with Gasteiger partial charge in [-0.15, -0.1) is 0 Å². The molecule has 4 heteroatoms. The van der Waals surface area contributed by atoms with Gasteiger partial charge in [0.2, 0.25) is 0 Å². The second-order valence-electron chi connectivity index (χ2n) is 8.28. The van der Waals surface area contributed by atoms with Gasteiger partial charge in [-0.1, -0.05) is 54.6 Å². The number of fused-ring (bicyclic) bond motifs is 6. The number of aryl methyl sites for hydroxylation is 2. The third-order valence-corrected chi connectivity index (χ3v) is 6.44. The molecule has 0 bridgehead atoms. The summed E-state index contributed by atoms with van der Waals surface area (Å²) >= 11 is 0. The fraction of sp³-hybridized carbons (Fsp3) is 0.107. The quantitative estimate of drug-likeness (QED) is 0.249. The number of aromatic nitrogens is 1. The first-order chi connectivity index (χ1) is 15.5. The Balaban J connectivity index is 1.54. The average molecular weight is 425 g/mol. The Kier molecular flexibility index (Phi) is 4.12. The van der Waals surface area contributed by atoms with E-state index in [0.717, 1.165) is 46.3 Å². The van der Waals surface area contributed by atoms with Crippen molar-refractivity contribution in [2.45, 2.75) is 19.0 Å². The van der Waals surface area contributed by atoms with Crippen LogP contribution in [0.15, 0.2) is 85.1 Å². The summed E-state index contributed by atoms with van der Waals surface area (Å²) in [6.45, 7) is 0. The Bertz CT molecular complexity index is 1520. The van der Waals surface area contributed by atoms with E-state index < -0.39 is 11.7 Å². The second-order valence-corrected chi connectivity index (χ2v) is 8.28. The summed E-state index contributed by atoms with van der Waals surface area (Å²) < 4.78 is 39.9. The molecule has 0 fully saturated rings. The molecule has 1 heterocycles. The molecule has 0 atom stereocenters. The molecule has 0 aliphatic heterocycles.